The van der Waals surface area contributed by atoms with Crippen molar-refractivity contribution < 1.29 is 20.1 Å². The number of fused-ring (bicyclic) bond motifs is 1. The third-order valence-electron chi connectivity index (χ3n) is 5.70. The zero-order valence-corrected chi connectivity index (χ0v) is 19.0. The fourth-order valence-corrected chi connectivity index (χ4v) is 4.00. The van der Waals surface area contributed by atoms with E-state index in [-0.39, 0.29) is 6.61 Å². The van der Waals surface area contributed by atoms with Gasteiger partial charge in [0.2, 0.25) is 0 Å². The second kappa shape index (κ2) is 12.9. The summed E-state index contributed by atoms with van der Waals surface area (Å²) in [6.07, 6.45) is 8.25. The van der Waals surface area contributed by atoms with E-state index in [1.807, 2.05) is 0 Å². The Labute approximate surface area is 192 Å². The highest BCUT2D eigenvalue weighted by atomic mass is 32.1. The molecule has 3 heterocycles. The molecule has 1 saturated heterocycles. The van der Waals surface area contributed by atoms with E-state index in [4.69, 9.17) is 4.74 Å². The first-order chi connectivity index (χ1) is 15.7. The molecule has 0 amide bonds. The summed E-state index contributed by atoms with van der Waals surface area (Å²) >= 11 is 4.55. The number of thiocarbonyl (C=S) groups is 1. The van der Waals surface area contributed by atoms with Gasteiger partial charge in [-0.05, 0) is 25.1 Å². The number of nitrogens with zero attached hydrogens (tertiary/aromatic N) is 5. The number of ether oxygens (including phenoxy) is 1. The van der Waals surface area contributed by atoms with Gasteiger partial charge in [0.15, 0.2) is 23.2 Å². The molecular weight excluding hydrogens is 432 g/mol. The van der Waals surface area contributed by atoms with Gasteiger partial charge in [0.25, 0.3) is 0 Å². The van der Waals surface area contributed by atoms with Crippen molar-refractivity contribution in [3.8, 4) is 0 Å². The highest BCUT2D eigenvalue weighted by molar-refractivity contribution is 7.78. The van der Waals surface area contributed by atoms with Crippen LogP contribution in [-0.2, 0) is 4.74 Å². The predicted molar refractivity (Wildman–Crippen MR) is 124 cm³/mol. The minimum absolute atomic E-state index is 0.382. The Hall–Kier alpha value is -2.01. The molecule has 4 N–H and O–H groups in total. The van der Waals surface area contributed by atoms with Crippen molar-refractivity contribution >= 4 is 34.4 Å². The lowest BCUT2D eigenvalue weighted by Gasteiger charge is -2.16. The highest BCUT2D eigenvalue weighted by Gasteiger charge is 2.44. The van der Waals surface area contributed by atoms with Crippen LogP contribution in [0.15, 0.2) is 17.6 Å². The van der Waals surface area contributed by atoms with Crippen molar-refractivity contribution in [3.05, 3.63) is 12.7 Å². The maximum absolute atomic E-state index is 10.3. The largest absolute Gasteiger partial charge is 0.394 e. The number of isothiocyanates is 1. The SMILES string of the molecule is OCC1OC(n2cnc3c(NCCCCCCCCCCN=C=S)ncnc32)C(O)C1O. The molecule has 32 heavy (non-hydrogen) atoms. The van der Waals surface area contributed by atoms with Crippen LogP contribution >= 0.6 is 12.2 Å². The van der Waals surface area contributed by atoms with Crippen molar-refractivity contribution in [1.29, 1.82) is 0 Å². The standard InChI is InChI=1S/C21H32N6O4S/c28-11-15-17(29)18(30)21(31-15)27-13-26-16-19(24-12-25-20(16)27)23-10-8-6-4-2-1-3-5-7-9-22-14-32/h12-13,15,17-18,21,28-30H,1-11H2,(H,23,24,25). The summed E-state index contributed by atoms with van der Waals surface area (Å²) in [7, 11) is 0. The number of rotatable bonds is 14. The van der Waals surface area contributed by atoms with E-state index in [0.29, 0.717) is 17.0 Å². The Kier molecular flexibility index (Phi) is 9.91. The van der Waals surface area contributed by atoms with Gasteiger partial charge in [-0.3, -0.25) is 4.57 Å². The number of aliphatic hydroxyl groups is 3. The molecule has 176 valence electrons. The number of aliphatic hydroxyl groups excluding tert-OH is 3. The van der Waals surface area contributed by atoms with E-state index in [0.717, 1.165) is 32.4 Å². The van der Waals surface area contributed by atoms with Crippen LogP contribution in [0.3, 0.4) is 0 Å². The number of hydrogen-bond acceptors (Lipinski definition) is 10. The topological polar surface area (TPSA) is 138 Å². The van der Waals surface area contributed by atoms with Crippen LogP contribution in [-0.4, -0.2) is 78.0 Å². The van der Waals surface area contributed by atoms with Crippen LogP contribution in [0.25, 0.3) is 11.2 Å². The Bertz CT molecular complexity index is 890. The maximum atomic E-state index is 10.3. The van der Waals surface area contributed by atoms with Crippen LogP contribution in [0.5, 0.6) is 0 Å². The average Bonchev–Trinajstić information content (AvgIpc) is 3.36. The van der Waals surface area contributed by atoms with Crippen LogP contribution in [0.4, 0.5) is 5.82 Å². The van der Waals surface area contributed by atoms with Crippen LogP contribution < -0.4 is 5.32 Å². The normalized spacial score (nSPS) is 22.8. The minimum Gasteiger partial charge on any atom is -0.394 e. The predicted octanol–water partition coefficient (Wildman–Crippen LogP) is 2.07. The Balaban J connectivity index is 1.41. The fraction of sp³-hybridized carbons (Fsp3) is 0.714. The molecule has 0 spiro atoms. The summed E-state index contributed by atoms with van der Waals surface area (Å²) < 4.78 is 7.15. The smallest absolute Gasteiger partial charge is 0.167 e. The number of nitrogens with one attached hydrogen (secondary N) is 1. The van der Waals surface area contributed by atoms with Gasteiger partial charge in [-0.2, -0.15) is 0 Å². The van der Waals surface area contributed by atoms with Crippen molar-refractivity contribution in [1.82, 2.24) is 19.5 Å². The lowest BCUT2D eigenvalue weighted by atomic mass is 10.1. The summed E-state index contributed by atoms with van der Waals surface area (Å²) in [4.78, 5) is 16.9. The lowest BCUT2D eigenvalue weighted by Crippen LogP contribution is -2.33. The lowest BCUT2D eigenvalue weighted by molar-refractivity contribution is -0.0511. The zero-order chi connectivity index (χ0) is 22.8. The molecule has 1 aliphatic heterocycles. The second-order valence-corrected chi connectivity index (χ2v) is 8.19. The molecule has 11 heteroatoms. The molecule has 0 aliphatic carbocycles. The molecule has 4 unspecified atom stereocenters. The summed E-state index contributed by atoms with van der Waals surface area (Å²) in [6.45, 7) is 1.19. The van der Waals surface area contributed by atoms with Crippen molar-refractivity contribution in [2.45, 2.75) is 75.9 Å². The number of aromatic nitrogens is 4. The number of unbranched alkanes of at least 4 members (excludes halogenated alkanes) is 7. The summed E-state index contributed by atoms with van der Waals surface area (Å²) in [5, 5.41) is 35.3. The first-order valence-corrected chi connectivity index (χ1v) is 11.7. The van der Waals surface area contributed by atoms with E-state index in [1.165, 1.54) is 44.8 Å². The number of imidazole rings is 1. The van der Waals surface area contributed by atoms with Gasteiger partial charge in [0, 0.05) is 13.1 Å². The molecule has 0 saturated carbocycles. The third-order valence-corrected chi connectivity index (χ3v) is 5.83. The van der Waals surface area contributed by atoms with Gasteiger partial charge in [0.05, 0.1) is 18.1 Å². The fourth-order valence-electron chi connectivity index (χ4n) is 3.91. The van der Waals surface area contributed by atoms with Crippen LogP contribution in [0.1, 0.15) is 57.6 Å². The van der Waals surface area contributed by atoms with Gasteiger partial charge in [-0.1, -0.05) is 38.5 Å². The molecule has 2 aromatic heterocycles. The summed E-state index contributed by atoms with van der Waals surface area (Å²) in [5.74, 6) is 0.625. The van der Waals surface area contributed by atoms with Crippen molar-refractivity contribution in [3.63, 3.8) is 0 Å². The van der Waals surface area contributed by atoms with E-state index >= 15 is 0 Å². The molecule has 1 aliphatic rings. The first kappa shape index (κ1) is 24.6. The second-order valence-electron chi connectivity index (χ2n) is 8.00. The summed E-state index contributed by atoms with van der Waals surface area (Å²) in [6, 6.07) is 0. The van der Waals surface area contributed by atoms with Gasteiger partial charge in [-0.15, -0.1) is 0 Å². The number of hydrogen-bond donors (Lipinski definition) is 4. The average molecular weight is 465 g/mol. The van der Waals surface area contributed by atoms with Crippen molar-refractivity contribution in [2.24, 2.45) is 4.99 Å². The van der Waals surface area contributed by atoms with E-state index < -0.39 is 24.5 Å². The molecule has 4 atom stereocenters. The van der Waals surface area contributed by atoms with Gasteiger partial charge < -0.3 is 25.4 Å². The number of anilines is 1. The zero-order valence-electron chi connectivity index (χ0n) is 18.1. The maximum Gasteiger partial charge on any atom is 0.167 e. The number of aliphatic imine (C=N–C) groups is 1. The van der Waals surface area contributed by atoms with E-state index in [2.05, 4.69) is 42.6 Å². The first-order valence-electron chi connectivity index (χ1n) is 11.2. The molecule has 0 aromatic carbocycles. The van der Waals surface area contributed by atoms with Crippen molar-refractivity contribution in [2.75, 3.05) is 25.0 Å². The van der Waals surface area contributed by atoms with E-state index in [9.17, 15) is 15.3 Å². The summed E-state index contributed by atoms with van der Waals surface area (Å²) in [5.41, 5.74) is 1.07. The van der Waals surface area contributed by atoms with Crippen LogP contribution in [0.2, 0.25) is 0 Å². The Morgan fingerprint density at radius 2 is 1.75 bits per heavy atom. The van der Waals surface area contributed by atoms with Gasteiger partial charge in [0.1, 0.15) is 24.6 Å². The molecule has 0 bridgehead atoms. The van der Waals surface area contributed by atoms with Gasteiger partial charge in [-0.25, -0.2) is 19.9 Å². The van der Waals surface area contributed by atoms with Gasteiger partial charge >= 0.3 is 0 Å². The monoisotopic (exact) mass is 464 g/mol. The highest BCUT2D eigenvalue weighted by Crippen LogP contribution is 2.32. The molecule has 1 fully saturated rings. The molecule has 0 radical (unpaired) electrons. The molecule has 2 aromatic rings. The molecule has 3 rings (SSSR count). The quantitative estimate of drug-likeness (QED) is 0.188. The Morgan fingerprint density at radius 3 is 2.44 bits per heavy atom. The Morgan fingerprint density at radius 1 is 1.03 bits per heavy atom. The molecule has 10 nitrogen and oxygen atoms in total. The molecular formula is C21H32N6O4S. The van der Waals surface area contributed by atoms with E-state index in [1.54, 1.807) is 4.57 Å². The van der Waals surface area contributed by atoms with Crippen LogP contribution in [0, 0.1) is 0 Å². The minimum atomic E-state index is -1.19. The third kappa shape index (κ3) is 6.28.